The Morgan fingerprint density at radius 3 is 2.19 bits per heavy atom. The van der Waals surface area contributed by atoms with Crippen LogP contribution in [0.15, 0.2) is 35.5 Å². The zero-order valence-corrected chi connectivity index (χ0v) is 18.0. The Bertz CT molecular complexity index is 792. The van der Waals surface area contributed by atoms with Crippen molar-refractivity contribution in [1.82, 2.24) is 16.0 Å². The standard InChI is InChI=1S/C22H32N4O5/c1-13(27)24-18-9-5-16(6-10-18)12-20(22(30)31)26-21(29)19(25-14(2)28)11-15-3-7-17(23)8-4-15/h3,7,11-12,17-20H,4-6,8-10,23H2,1-2H3,(H,24,27)(H,25,28)(H,26,29)(H,30,31)/b15-11-,16-12?. The second-order valence-corrected chi connectivity index (χ2v) is 8.11. The van der Waals surface area contributed by atoms with Gasteiger partial charge in [-0.25, -0.2) is 4.79 Å². The first-order chi connectivity index (χ1) is 14.6. The van der Waals surface area contributed by atoms with Gasteiger partial charge < -0.3 is 26.8 Å². The molecule has 3 atom stereocenters. The number of hydrogen-bond acceptors (Lipinski definition) is 5. The van der Waals surface area contributed by atoms with Gasteiger partial charge in [0.1, 0.15) is 12.1 Å². The maximum absolute atomic E-state index is 12.8. The zero-order valence-electron chi connectivity index (χ0n) is 18.0. The van der Waals surface area contributed by atoms with Crippen molar-refractivity contribution in [3.8, 4) is 0 Å². The van der Waals surface area contributed by atoms with Crippen LogP contribution in [0.5, 0.6) is 0 Å². The van der Waals surface area contributed by atoms with E-state index in [0.717, 1.165) is 30.4 Å². The molecule has 0 aromatic heterocycles. The van der Waals surface area contributed by atoms with E-state index in [1.165, 1.54) is 13.8 Å². The lowest BCUT2D eigenvalue weighted by atomic mass is 9.89. The molecular formula is C22H32N4O5. The summed E-state index contributed by atoms with van der Waals surface area (Å²) in [5.41, 5.74) is 7.62. The molecule has 0 bridgehead atoms. The average molecular weight is 433 g/mol. The van der Waals surface area contributed by atoms with Gasteiger partial charge in [0.2, 0.25) is 17.7 Å². The summed E-state index contributed by atoms with van der Waals surface area (Å²) in [6, 6.07) is -2.14. The molecule has 2 aliphatic carbocycles. The number of carboxylic acid groups (broad SMARTS) is 1. The monoisotopic (exact) mass is 432 g/mol. The summed E-state index contributed by atoms with van der Waals surface area (Å²) in [4.78, 5) is 47.3. The largest absolute Gasteiger partial charge is 0.479 e. The molecule has 170 valence electrons. The molecule has 3 amide bonds. The summed E-state index contributed by atoms with van der Waals surface area (Å²) in [7, 11) is 0. The highest BCUT2D eigenvalue weighted by Gasteiger charge is 2.26. The van der Waals surface area contributed by atoms with Gasteiger partial charge in [-0.05, 0) is 50.2 Å². The molecule has 0 aliphatic heterocycles. The molecule has 2 rings (SSSR count). The van der Waals surface area contributed by atoms with E-state index >= 15 is 0 Å². The van der Waals surface area contributed by atoms with Crippen molar-refractivity contribution < 1.29 is 24.3 Å². The smallest absolute Gasteiger partial charge is 0.330 e. The van der Waals surface area contributed by atoms with E-state index in [0.29, 0.717) is 19.3 Å². The number of allylic oxidation sites excluding steroid dienone is 3. The summed E-state index contributed by atoms with van der Waals surface area (Å²) in [5, 5.41) is 17.5. The average Bonchev–Trinajstić information content (AvgIpc) is 2.69. The number of hydrogen-bond donors (Lipinski definition) is 5. The van der Waals surface area contributed by atoms with Gasteiger partial charge in [-0.3, -0.25) is 14.4 Å². The maximum atomic E-state index is 12.8. The molecule has 0 saturated heterocycles. The molecule has 0 aromatic carbocycles. The van der Waals surface area contributed by atoms with Crippen molar-refractivity contribution in [3.63, 3.8) is 0 Å². The predicted molar refractivity (Wildman–Crippen MR) is 116 cm³/mol. The van der Waals surface area contributed by atoms with E-state index in [1.807, 2.05) is 12.2 Å². The predicted octanol–water partition coefficient (Wildman–Crippen LogP) is 0.669. The van der Waals surface area contributed by atoms with Crippen molar-refractivity contribution in [1.29, 1.82) is 0 Å². The fraction of sp³-hybridized carbons (Fsp3) is 0.545. The lowest BCUT2D eigenvalue weighted by Gasteiger charge is -2.25. The third-order valence-corrected chi connectivity index (χ3v) is 5.35. The van der Waals surface area contributed by atoms with E-state index in [9.17, 15) is 24.3 Å². The normalized spacial score (nSPS) is 24.1. The highest BCUT2D eigenvalue weighted by Crippen LogP contribution is 2.24. The number of rotatable bonds is 7. The molecule has 31 heavy (non-hydrogen) atoms. The maximum Gasteiger partial charge on any atom is 0.330 e. The van der Waals surface area contributed by atoms with Gasteiger partial charge in [0.15, 0.2) is 0 Å². The molecule has 0 aromatic rings. The van der Waals surface area contributed by atoms with E-state index in [4.69, 9.17) is 5.73 Å². The number of nitrogens with two attached hydrogens (primary N) is 1. The first-order valence-corrected chi connectivity index (χ1v) is 10.6. The third kappa shape index (κ3) is 8.37. The second kappa shape index (κ2) is 11.5. The third-order valence-electron chi connectivity index (χ3n) is 5.35. The Hall–Kier alpha value is -2.94. The molecule has 2 aliphatic rings. The van der Waals surface area contributed by atoms with Crippen molar-refractivity contribution in [3.05, 3.63) is 35.5 Å². The molecule has 9 nitrogen and oxygen atoms in total. The number of carbonyl (C=O) groups excluding carboxylic acids is 3. The number of carboxylic acids is 1. The minimum Gasteiger partial charge on any atom is -0.479 e. The van der Waals surface area contributed by atoms with Crippen molar-refractivity contribution in [2.24, 2.45) is 5.73 Å². The number of aliphatic carboxylic acids is 1. The van der Waals surface area contributed by atoms with Gasteiger partial charge in [0.25, 0.3) is 0 Å². The van der Waals surface area contributed by atoms with Crippen molar-refractivity contribution in [2.75, 3.05) is 0 Å². The molecule has 1 saturated carbocycles. The van der Waals surface area contributed by atoms with Crippen LogP contribution >= 0.6 is 0 Å². The summed E-state index contributed by atoms with van der Waals surface area (Å²) in [6.07, 6.45) is 11.0. The summed E-state index contributed by atoms with van der Waals surface area (Å²) in [5.74, 6) is -2.25. The van der Waals surface area contributed by atoms with Crippen molar-refractivity contribution in [2.45, 2.75) is 76.5 Å². The second-order valence-electron chi connectivity index (χ2n) is 8.11. The van der Waals surface area contributed by atoms with Crippen LogP contribution in [0, 0.1) is 0 Å². The summed E-state index contributed by atoms with van der Waals surface area (Å²) < 4.78 is 0. The first kappa shape index (κ1) is 24.3. The quantitative estimate of drug-likeness (QED) is 0.373. The molecule has 1 fully saturated rings. The van der Waals surface area contributed by atoms with E-state index in [-0.39, 0.29) is 18.0 Å². The minimum absolute atomic E-state index is 0.0334. The molecule has 0 spiro atoms. The number of amides is 3. The van der Waals surface area contributed by atoms with E-state index in [2.05, 4.69) is 16.0 Å². The van der Waals surface area contributed by atoms with Crippen LogP contribution in [-0.2, 0) is 19.2 Å². The van der Waals surface area contributed by atoms with Gasteiger partial charge in [-0.15, -0.1) is 0 Å². The Labute approximate surface area is 182 Å². The molecule has 0 heterocycles. The van der Waals surface area contributed by atoms with Gasteiger partial charge in [0, 0.05) is 25.9 Å². The van der Waals surface area contributed by atoms with E-state index < -0.39 is 29.9 Å². The fourth-order valence-electron chi connectivity index (χ4n) is 3.76. The molecule has 6 N–H and O–H groups in total. The van der Waals surface area contributed by atoms with Gasteiger partial charge >= 0.3 is 5.97 Å². The van der Waals surface area contributed by atoms with Crippen LogP contribution in [0.1, 0.15) is 52.4 Å². The van der Waals surface area contributed by atoms with Crippen LogP contribution in [0.4, 0.5) is 0 Å². The Kier molecular flexibility index (Phi) is 8.99. The van der Waals surface area contributed by atoms with Crippen LogP contribution in [0.2, 0.25) is 0 Å². The Balaban J connectivity index is 2.07. The highest BCUT2D eigenvalue weighted by atomic mass is 16.4. The van der Waals surface area contributed by atoms with Crippen LogP contribution < -0.4 is 21.7 Å². The molecular weight excluding hydrogens is 400 g/mol. The van der Waals surface area contributed by atoms with E-state index in [1.54, 1.807) is 12.2 Å². The van der Waals surface area contributed by atoms with Gasteiger partial charge in [-0.2, -0.15) is 0 Å². The SMILES string of the molecule is CC(=O)NC1CCC(=CC(NC(=O)C(/C=C2/C=CC(N)CC2)NC(C)=O)C(=O)O)CC1. The zero-order chi connectivity index (χ0) is 23.0. The van der Waals surface area contributed by atoms with Gasteiger partial charge in [0.05, 0.1) is 0 Å². The number of nitrogens with one attached hydrogen (secondary N) is 3. The highest BCUT2D eigenvalue weighted by molar-refractivity contribution is 5.92. The molecule has 0 radical (unpaired) electrons. The van der Waals surface area contributed by atoms with Crippen LogP contribution in [-0.4, -0.2) is 53.0 Å². The van der Waals surface area contributed by atoms with Gasteiger partial charge in [-0.1, -0.05) is 23.8 Å². The summed E-state index contributed by atoms with van der Waals surface area (Å²) in [6.45, 7) is 2.77. The molecule has 9 heteroatoms. The topological polar surface area (TPSA) is 151 Å². The lowest BCUT2D eigenvalue weighted by Crippen LogP contribution is -2.50. The van der Waals surface area contributed by atoms with Crippen molar-refractivity contribution >= 4 is 23.7 Å². The van der Waals surface area contributed by atoms with Crippen LogP contribution in [0.25, 0.3) is 0 Å². The minimum atomic E-state index is -1.20. The molecule has 3 unspecified atom stereocenters. The Morgan fingerprint density at radius 2 is 1.68 bits per heavy atom. The van der Waals surface area contributed by atoms with Crippen LogP contribution in [0.3, 0.4) is 0 Å². The number of carbonyl (C=O) groups is 4. The lowest BCUT2D eigenvalue weighted by molar-refractivity contribution is -0.140. The summed E-state index contributed by atoms with van der Waals surface area (Å²) >= 11 is 0. The Morgan fingerprint density at radius 1 is 1.00 bits per heavy atom. The fourth-order valence-corrected chi connectivity index (χ4v) is 3.76. The first-order valence-electron chi connectivity index (χ1n) is 10.6.